The van der Waals surface area contributed by atoms with Crippen molar-refractivity contribution in [3.63, 3.8) is 0 Å². The molecule has 2 saturated heterocycles. The van der Waals surface area contributed by atoms with Crippen molar-refractivity contribution >= 4 is 23.8 Å². The Balaban J connectivity index is 1.65. The van der Waals surface area contributed by atoms with Gasteiger partial charge in [0, 0.05) is 20.1 Å². The Morgan fingerprint density at radius 1 is 1.28 bits per heavy atom. The molecular weight excluding hydrogens is 421 g/mol. The normalized spacial score (nSPS) is 19.7. The Hall–Kier alpha value is -2.88. The maximum Gasteiger partial charge on any atom is 0.416 e. The number of amides is 3. The molecule has 32 heavy (non-hydrogen) atoms. The maximum atomic E-state index is 14.9. The van der Waals surface area contributed by atoms with Gasteiger partial charge in [0.25, 0.3) is 0 Å². The lowest BCUT2D eigenvalue weighted by molar-refractivity contribution is -0.135. The minimum Gasteiger partial charge on any atom is -0.444 e. The average molecular weight is 451 g/mol. The lowest BCUT2D eigenvalue weighted by Crippen LogP contribution is -2.42. The van der Waals surface area contributed by atoms with E-state index < -0.39 is 36.4 Å². The highest BCUT2D eigenvalue weighted by Gasteiger charge is 2.38. The van der Waals surface area contributed by atoms with Crippen molar-refractivity contribution in [2.45, 2.75) is 51.4 Å². The number of likely N-dealkylation sites (tertiary alicyclic amines) is 1. The molecule has 176 valence electrons. The molecule has 10 heteroatoms. The standard InChI is InChI=1S/C22H30FN3O6/c1-22(2,3)32-20(29)24(4)19-12-26(21(30)31-19)15-5-6-16(17(23)11-15)14-7-9-25(10-8-14)18(28)13-27/h5-6,11,14,19,27H,7-10,12-13H2,1-4H3/t19-/m0/s1. The summed E-state index contributed by atoms with van der Waals surface area (Å²) >= 11 is 0. The van der Waals surface area contributed by atoms with E-state index in [1.54, 1.807) is 37.8 Å². The highest BCUT2D eigenvalue weighted by molar-refractivity contribution is 5.90. The smallest absolute Gasteiger partial charge is 0.416 e. The fourth-order valence-electron chi connectivity index (χ4n) is 3.87. The summed E-state index contributed by atoms with van der Waals surface area (Å²) in [5.74, 6) is -0.813. The van der Waals surface area contributed by atoms with Gasteiger partial charge in [0.05, 0.1) is 12.2 Å². The molecule has 2 fully saturated rings. The van der Waals surface area contributed by atoms with Crippen molar-refractivity contribution in [3.8, 4) is 0 Å². The first-order valence-corrected chi connectivity index (χ1v) is 10.6. The largest absolute Gasteiger partial charge is 0.444 e. The van der Waals surface area contributed by atoms with Crippen LogP contribution in [0, 0.1) is 5.82 Å². The molecule has 0 radical (unpaired) electrons. The Morgan fingerprint density at radius 3 is 2.50 bits per heavy atom. The highest BCUT2D eigenvalue weighted by atomic mass is 19.1. The number of hydrogen-bond acceptors (Lipinski definition) is 6. The van der Waals surface area contributed by atoms with Crippen LogP contribution in [-0.4, -0.2) is 78.1 Å². The van der Waals surface area contributed by atoms with Crippen molar-refractivity contribution in [3.05, 3.63) is 29.6 Å². The summed E-state index contributed by atoms with van der Waals surface area (Å²) in [4.78, 5) is 40.3. The first-order chi connectivity index (χ1) is 15.0. The number of hydrogen-bond donors (Lipinski definition) is 1. The third kappa shape index (κ3) is 5.29. The first kappa shape index (κ1) is 23.8. The zero-order chi connectivity index (χ0) is 23.6. The summed E-state index contributed by atoms with van der Waals surface area (Å²) in [6, 6.07) is 4.59. The second kappa shape index (κ2) is 9.32. The van der Waals surface area contributed by atoms with Gasteiger partial charge < -0.3 is 19.5 Å². The number of halogens is 1. The van der Waals surface area contributed by atoms with Crippen LogP contribution in [0.25, 0.3) is 0 Å². The van der Waals surface area contributed by atoms with Crippen molar-refractivity contribution in [1.29, 1.82) is 0 Å². The predicted molar refractivity (Wildman–Crippen MR) is 114 cm³/mol. The fourth-order valence-corrected chi connectivity index (χ4v) is 3.87. The van der Waals surface area contributed by atoms with Crippen LogP contribution >= 0.6 is 0 Å². The van der Waals surface area contributed by atoms with Crippen LogP contribution in [0.15, 0.2) is 18.2 Å². The zero-order valence-electron chi connectivity index (χ0n) is 18.8. The average Bonchev–Trinajstić information content (AvgIpc) is 3.13. The van der Waals surface area contributed by atoms with Gasteiger partial charge in [-0.05, 0) is 57.2 Å². The summed E-state index contributed by atoms with van der Waals surface area (Å²) in [7, 11) is 1.48. The van der Waals surface area contributed by atoms with Crippen LogP contribution < -0.4 is 4.90 Å². The van der Waals surface area contributed by atoms with Crippen molar-refractivity contribution in [2.24, 2.45) is 0 Å². The number of aliphatic hydroxyl groups is 1. The lowest BCUT2D eigenvalue weighted by Gasteiger charge is -2.32. The molecular formula is C22H30FN3O6. The number of piperidine rings is 1. The van der Waals surface area contributed by atoms with E-state index in [2.05, 4.69) is 0 Å². The topological polar surface area (TPSA) is 99.6 Å². The van der Waals surface area contributed by atoms with Crippen molar-refractivity contribution < 1.29 is 33.4 Å². The minimum absolute atomic E-state index is 0.0506. The Morgan fingerprint density at radius 2 is 1.94 bits per heavy atom. The number of anilines is 1. The molecule has 1 atom stereocenters. The SMILES string of the molecule is CN(C(=O)OC(C)(C)C)[C@@H]1CN(c2ccc(C3CCN(C(=O)CO)CC3)c(F)c2)C(=O)O1. The quantitative estimate of drug-likeness (QED) is 0.756. The fraction of sp³-hybridized carbons (Fsp3) is 0.591. The number of ether oxygens (including phenoxy) is 2. The van der Waals surface area contributed by atoms with Gasteiger partial charge in [-0.2, -0.15) is 0 Å². The van der Waals surface area contributed by atoms with E-state index in [0.29, 0.717) is 37.2 Å². The number of carbonyl (C=O) groups excluding carboxylic acids is 3. The van der Waals surface area contributed by atoms with Gasteiger partial charge in [-0.25, -0.2) is 14.0 Å². The predicted octanol–water partition coefficient (Wildman–Crippen LogP) is 2.67. The van der Waals surface area contributed by atoms with Crippen LogP contribution in [0.5, 0.6) is 0 Å². The Bertz CT molecular complexity index is 879. The van der Waals surface area contributed by atoms with E-state index in [4.69, 9.17) is 14.6 Å². The van der Waals surface area contributed by atoms with Crippen LogP contribution in [0.3, 0.4) is 0 Å². The molecule has 2 heterocycles. The molecule has 2 aliphatic rings. The van der Waals surface area contributed by atoms with E-state index in [1.807, 2.05) is 0 Å². The molecule has 1 aromatic rings. The molecule has 1 N–H and O–H groups in total. The third-order valence-electron chi connectivity index (χ3n) is 5.63. The monoisotopic (exact) mass is 451 g/mol. The third-order valence-corrected chi connectivity index (χ3v) is 5.63. The van der Waals surface area contributed by atoms with Gasteiger partial charge >= 0.3 is 12.2 Å². The van der Waals surface area contributed by atoms with Crippen LogP contribution in [0.1, 0.15) is 45.1 Å². The van der Waals surface area contributed by atoms with Crippen LogP contribution in [0.4, 0.5) is 19.7 Å². The molecule has 0 saturated carbocycles. The van der Waals surface area contributed by atoms with Gasteiger partial charge in [-0.15, -0.1) is 0 Å². The van der Waals surface area contributed by atoms with Crippen LogP contribution in [0.2, 0.25) is 0 Å². The summed E-state index contributed by atoms with van der Waals surface area (Å²) in [5, 5.41) is 8.98. The number of nitrogens with zero attached hydrogens (tertiary/aromatic N) is 3. The molecule has 2 aliphatic heterocycles. The second-order valence-corrected chi connectivity index (χ2v) is 9.06. The second-order valence-electron chi connectivity index (χ2n) is 9.06. The maximum absolute atomic E-state index is 14.9. The van der Waals surface area contributed by atoms with E-state index in [0.717, 1.165) is 0 Å². The molecule has 0 aromatic heterocycles. The Labute approximate surface area is 186 Å². The number of benzene rings is 1. The molecule has 1 aromatic carbocycles. The van der Waals surface area contributed by atoms with E-state index in [9.17, 15) is 18.8 Å². The van der Waals surface area contributed by atoms with E-state index >= 15 is 0 Å². The molecule has 0 unspecified atom stereocenters. The van der Waals surface area contributed by atoms with E-state index in [1.165, 1.54) is 22.9 Å². The number of aliphatic hydroxyl groups excluding tert-OH is 1. The number of cyclic esters (lactones) is 1. The molecule has 0 spiro atoms. The molecule has 9 nitrogen and oxygen atoms in total. The van der Waals surface area contributed by atoms with Crippen LogP contribution in [-0.2, 0) is 14.3 Å². The number of carbonyl (C=O) groups is 3. The van der Waals surface area contributed by atoms with Crippen molar-refractivity contribution in [1.82, 2.24) is 9.80 Å². The zero-order valence-corrected chi connectivity index (χ0v) is 18.8. The summed E-state index contributed by atoms with van der Waals surface area (Å²) in [6.45, 7) is 5.67. The molecule has 3 amide bonds. The van der Waals surface area contributed by atoms with Gasteiger partial charge in [0.2, 0.25) is 5.91 Å². The molecule has 3 rings (SSSR count). The molecule has 0 aliphatic carbocycles. The summed E-state index contributed by atoms with van der Waals surface area (Å²) in [5.41, 5.74) is 0.179. The lowest BCUT2D eigenvalue weighted by atomic mass is 9.89. The van der Waals surface area contributed by atoms with Gasteiger partial charge in [-0.3, -0.25) is 14.6 Å². The highest BCUT2D eigenvalue weighted by Crippen LogP contribution is 2.33. The molecule has 0 bridgehead atoms. The summed E-state index contributed by atoms with van der Waals surface area (Å²) < 4.78 is 25.5. The summed E-state index contributed by atoms with van der Waals surface area (Å²) in [6.07, 6.45) is -0.959. The van der Waals surface area contributed by atoms with Gasteiger partial charge in [0.1, 0.15) is 18.0 Å². The Kier molecular flexibility index (Phi) is 6.92. The number of rotatable bonds is 4. The van der Waals surface area contributed by atoms with E-state index in [-0.39, 0.29) is 18.4 Å². The van der Waals surface area contributed by atoms with Crippen molar-refractivity contribution in [2.75, 3.05) is 38.2 Å². The van der Waals surface area contributed by atoms with Gasteiger partial charge in [0.15, 0.2) is 6.23 Å². The minimum atomic E-state index is -0.853. The number of likely N-dealkylation sites (N-methyl/N-ethyl adjacent to an activating group) is 1. The van der Waals surface area contributed by atoms with Gasteiger partial charge in [-0.1, -0.05) is 6.07 Å². The first-order valence-electron chi connectivity index (χ1n) is 10.6.